The molecule has 0 atom stereocenters. The molecule has 2 aromatic heterocycles. The Kier molecular flexibility index (Phi) is 6.64. The third-order valence-electron chi connectivity index (χ3n) is 9.20. The van der Waals surface area contributed by atoms with Crippen molar-refractivity contribution in [3.05, 3.63) is 121 Å². The van der Waals surface area contributed by atoms with Gasteiger partial charge in [-0.1, -0.05) is 109 Å². The predicted octanol–water partition coefficient (Wildman–Crippen LogP) is 8.74. The van der Waals surface area contributed by atoms with Gasteiger partial charge in [0.05, 0.1) is 11.2 Å². The van der Waals surface area contributed by atoms with Crippen molar-refractivity contribution in [2.45, 2.75) is 38.9 Å². The predicted molar refractivity (Wildman–Crippen MR) is 185 cm³/mol. The van der Waals surface area contributed by atoms with Gasteiger partial charge in [-0.15, -0.1) is 0 Å². The lowest BCUT2D eigenvalue weighted by Gasteiger charge is -2.32. The van der Waals surface area contributed by atoms with Gasteiger partial charge in [-0.3, -0.25) is 0 Å². The second kappa shape index (κ2) is 10.8. The average molecular weight is 602 g/mol. The molecule has 0 bridgehead atoms. The monoisotopic (exact) mass is 601 g/mol. The first-order valence-electron chi connectivity index (χ1n) is 15.5. The van der Waals surface area contributed by atoms with Crippen molar-refractivity contribution >= 4 is 34.5 Å². The third-order valence-corrected chi connectivity index (χ3v) is 9.20. The molecule has 1 aliphatic rings. The van der Waals surface area contributed by atoms with Gasteiger partial charge in [-0.2, -0.15) is 0 Å². The number of hydrogen-bond donors (Lipinski definition) is 0. The molecule has 0 amide bonds. The molecule has 5 aromatic carbocycles. The maximum Gasteiger partial charge on any atom is 0.494 e. The van der Waals surface area contributed by atoms with Crippen LogP contribution in [0, 0.1) is 0 Å². The molecule has 0 aliphatic carbocycles. The highest BCUT2D eigenvalue weighted by molar-refractivity contribution is 6.62. The Morgan fingerprint density at radius 1 is 0.500 bits per heavy atom. The number of hydrogen-bond acceptors (Lipinski definition) is 6. The zero-order valence-electron chi connectivity index (χ0n) is 26.2. The minimum atomic E-state index is -0.498. The molecular formula is C39H32BN3O3. The molecule has 6 nitrogen and oxygen atoms in total. The van der Waals surface area contributed by atoms with Gasteiger partial charge in [0.25, 0.3) is 0 Å². The fraction of sp³-hybridized carbons (Fsp3) is 0.154. The Labute approximate surface area is 268 Å². The topological polar surface area (TPSA) is 70.3 Å². The first-order chi connectivity index (χ1) is 22.3. The number of rotatable bonds is 5. The zero-order chi connectivity index (χ0) is 31.5. The molecule has 1 fully saturated rings. The summed E-state index contributed by atoms with van der Waals surface area (Å²) in [6.07, 6.45) is 0. The Bertz CT molecular complexity index is 2210. The second-order valence-corrected chi connectivity index (χ2v) is 12.7. The minimum Gasteiger partial charge on any atom is -0.456 e. The summed E-state index contributed by atoms with van der Waals surface area (Å²) < 4.78 is 18.9. The molecule has 3 heterocycles. The molecule has 7 aromatic rings. The normalized spacial score (nSPS) is 15.5. The van der Waals surface area contributed by atoms with Crippen LogP contribution in [0.4, 0.5) is 0 Å². The highest BCUT2D eigenvalue weighted by Crippen LogP contribution is 2.38. The van der Waals surface area contributed by atoms with E-state index in [2.05, 4.69) is 76.2 Å². The van der Waals surface area contributed by atoms with Crippen LogP contribution >= 0.6 is 0 Å². The Balaban J connectivity index is 1.28. The van der Waals surface area contributed by atoms with E-state index in [-0.39, 0.29) is 0 Å². The van der Waals surface area contributed by atoms with E-state index >= 15 is 0 Å². The van der Waals surface area contributed by atoms with Gasteiger partial charge in [0.15, 0.2) is 17.5 Å². The van der Waals surface area contributed by atoms with Gasteiger partial charge in [0.2, 0.25) is 0 Å². The Morgan fingerprint density at radius 3 is 1.83 bits per heavy atom. The summed E-state index contributed by atoms with van der Waals surface area (Å²) in [5.41, 5.74) is 6.55. The minimum absolute atomic E-state index is 0.445. The molecule has 46 heavy (non-hydrogen) atoms. The molecule has 0 saturated carbocycles. The number of furan rings is 1. The number of benzene rings is 5. The van der Waals surface area contributed by atoms with Crippen LogP contribution in [-0.4, -0.2) is 33.3 Å². The molecular weight excluding hydrogens is 569 g/mol. The van der Waals surface area contributed by atoms with Gasteiger partial charge in [-0.25, -0.2) is 15.0 Å². The first-order valence-corrected chi connectivity index (χ1v) is 15.5. The Morgan fingerprint density at radius 2 is 1.07 bits per heavy atom. The van der Waals surface area contributed by atoms with E-state index in [0.717, 1.165) is 55.2 Å². The van der Waals surface area contributed by atoms with E-state index in [9.17, 15) is 0 Å². The second-order valence-electron chi connectivity index (χ2n) is 12.7. The van der Waals surface area contributed by atoms with Gasteiger partial charge < -0.3 is 13.7 Å². The van der Waals surface area contributed by atoms with Crippen LogP contribution in [0.25, 0.3) is 67.2 Å². The van der Waals surface area contributed by atoms with Gasteiger partial charge in [0, 0.05) is 27.5 Å². The van der Waals surface area contributed by atoms with Gasteiger partial charge >= 0.3 is 7.12 Å². The molecule has 0 spiro atoms. The van der Waals surface area contributed by atoms with Gasteiger partial charge in [-0.05, 0) is 56.4 Å². The van der Waals surface area contributed by atoms with Crippen LogP contribution in [0.3, 0.4) is 0 Å². The quantitative estimate of drug-likeness (QED) is 0.184. The molecule has 0 unspecified atom stereocenters. The van der Waals surface area contributed by atoms with Crippen molar-refractivity contribution in [3.63, 3.8) is 0 Å². The summed E-state index contributed by atoms with van der Waals surface area (Å²) >= 11 is 0. The van der Waals surface area contributed by atoms with Crippen LogP contribution in [0.2, 0.25) is 0 Å². The lowest BCUT2D eigenvalue weighted by Crippen LogP contribution is -2.41. The van der Waals surface area contributed by atoms with Crippen LogP contribution < -0.4 is 5.46 Å². The Hall–Kier alpha value is -5.11. The smallest absolute Gasteiger partial charge is 0.456 e. The van der Waals surface area contributed by atoms with Crippen LogP contribution in [-0.2, 0) is 9.31 Å². The lowest BCUT2D eigenvalue weighted by atomic mass is 9.78. The van der Waals surface area contributed by atoms with Crippen molar-refractivity contribution in [2.75, 3.05) is 0 Å². The summed E-state index contributed by atoms with van der Waals surface area (Å²) in [6.45, 7) is 8.24. The molecule has 1 aliphatic heterocycles. The summed E-state index contributed by atoms with van der Waals surface area (Å²) in [7, 11) is -0.498. The van der Waals surface area contributed by atoms with E-state index in [4.69, 9.17) is 28.7 Å². The number of aromatic nitrogens is 3. The molecule has 1 saturated heterocycles. The van der Waals surface area contributed by atoms with Crippen molar-refractivity contribution in [2.24, 2.45) is 0 Å². The number of nitrogens with zero attached hydrogens (tertiary/aromatic N) is 3. The molecule has 0 N–H and O–H groups in total. The molecule has 7 heteroatoms. The number of para-hydroxylation sites is 1. The zero-order valence-corrected chi connectivity index (χ0v) is 26.2. The largest absolute Gasteiger partial charge is 0.494 e. The van der Waals surface area contributed by atoms with Crippen molar-refractivity contribution in [1.29, 1.82) is 0 Å². The highest BCUT2D eigenvalue weighted by atomic mass is 16.7. The van der Waals surface area contributed by atoms with Crippen LogP contribution in [0.15, 0.2) is 126 Å². The third kappa shape index (κ3) is 4.89. The van der Waals surface area contributed by atoms with E-state index in [1.165, 1.54) is 0 Å². The van der Waals surface area contributed by atoms with E-state index in [1.807, 2.05) is 72.8 Å². The van der Waals surface area contributed by atoms with Gasteiger partial charge in [0.1, 0.15) is 11.2 Å². The molecule has 8 rings (SSSR count). The summed E-state index contributed by atoms with van der Waals surface area (Å²) in [4.78, 5) is 15.2. The van der Waals surface area contributed by atoms with E-state index in [1.54, 1.807) is 0 Å². The molecule has 0 radical (unpaired) electrons. The molecule has 224 valence electrons. The number of fused-ring (bicyclic) bond motifs is 3. The van der Waals surface area contributed by atoms with Crippen LogP contribution in [0.5, 0.6) is 0 Å². The van der Waals surface area contributed by atoms with E-state index in [0.29, 0.717) is 17.5 Å². The lowest BCUT2D eigenvalue weighted by molar-refractivity contribution is 0.00578. The van der Waals surface area contributed by atoms with Crippen molar-refractivity contribution in [1.82, 2.24) is 15.0 Å². The maximum absolute atomic E-state index is 6.37. The highest BCUT2D eigenvalue weighted by Gasteiger charge is 2.51. The first kappa shape index (κ1) is 28.4. The average Bonchev–Trinajstić information content (AvgIpc) is 3.57. The maximum atomic E-state index is 6.37. The summed E-state index contributed by atoms with van der Waals surface area (Å²) in [5, 5.41) is 2.00. The van der Waals surface area contributed by atoms with E-state index < -0.39 is 18.3 Å². The standard InChI is InChI=1S/C39H32BN3O3/c1-38(2)39(3,4)46-40(45-38)29-15-10-14-28(24-29)36-41-35(27-22-20-26(21-23-27)25-12-6-5-7-13-25)42-37(43-36)31-17-11-19-33-34(31)30-16-8-9-18-32(30)44-33/h5-24H,1-4H3. The SMILES string of the molecule is CC1(C)OB(c2cccc(-c3nc(-c4ccc(-c5ccccc5)cc4)nc(-c4cccc5oc6ccccc6c45)n3)c2)OC1(C)C. The summed E-state index contributed by atoms with van der Waals surface area (Å²) in [6, 6.07) is 40.9. The van der Waals surface area contributed by atoms with Crippen LogP contribution in [0.1, 0.15) is 27.7 Å². The van der Waals surface area contributed by atoms with Crippen molar-refractivity contribution in [3.8, 4) is 45.3 Å². The van der Waals surface area contributed by atoms with Crippen molar-refractivity contribution < 1.29 is 13.7 Å². The fourth-order valence-corrected chi connectivity index (χ4v) is 5.96. The summed E-state index contributed by atoms with van der Waals surface area (Å²) in [5.74, 6) is 1.73. The fourth-order valence-electron chi connectivity index (χ4n) is 5.96.